The standard InChI is InChI=1S/C24H18Cl2N4O/c1-14-7-8-17(26)12-21(14)30-23(18-11-16(25)9-10-22(18)31-3)20(13-27)29-24(30)19-6-4-5-15(2)28-19/h4-12H,1-3H3. The number of benzene rings is 2. The fourth-order valence-corrected chi connectivity index (χ4v) is 3.85. The summed E-state index contributed by atoms with van der Waals surface area (Å²) in [6.07, 6.45) is 0. The minimum atomic E-state index is 0.234. The van der Waals surface area contributed by atoms with Crippen molar-refractivity contribution in [2.45, 2.75) is 13.8 Å². The second kappa shape index (κ2) is 8.43. The summed E-state index contributed by atoms with van der Waals surface area (Å²) < 4.78 is 7.48. The zero-order chi connectivity index (χ0) is 22.1. The van der Waals surface area contributed by atoms with Crippen molar-refractivity contribution in [2.75, 3.05) is 7.11 Å². The van der Waals surface area contributed by atoms with Crippen LogP contribution in [0.15, 0.2) is 54.6 Å². The van der Waals surface area contributed by atoms with E-state index in [-0.39, 0.29) is 5.69 Å². The zero-order valence-corrected chi connectivity index (χ0v) is 18.7. The van der Waals surface area contributed by atoms with E-state index in [2.05, 4.69) is 16.0 Å². The zero-order valence-electron chi connectivity index (χ0n) is 17.1. The van der Waals surface area contributed by atoms with Crippen molar-refractivity contribution in [3.63, 3.8) is 0 Å². The first kappa shape index (κ1) is 20.9. The number of aromatic nitrogens is 3. The monoisotopic (exact) mass is 448 g/mol. The third kappa shape index (κ3) is 3.88. The van der Waals surface area contributed by atoms with Gasteiger partial charge in [-0.05, 0) is 61.9 Å². The van der Waals surface area contributed by atoms with E-state index in [1.807, 2.05) is 54.8 Å². The summed E-state index contributed by atoms with van der Waals surface area (Å²) in [5.74, 6) is 1.10. The van der Waals surface area contributed by atoms with Crippen LogP contribution in [0.25, 0.3) is 28.5 Å². The van der Waals surface area contributed by atoms with Crippen LogP contribution in [-0.2, 0) is 0 Å². The molecule has 0 amide bonds. The maximum atomic E-state index is 9.98. The number of rotatable bonds is 4. The summed E-state index contributed by atoms with van der Waals surface area (Å²) in [6, 6.07) is 18.8. The Kier molecular flexibility index (Phi) is 5.69. The highest BCUT2D eigenvalue weighted by Gasteiger charge is 2.25. The minimum Gasteiger partial charge on any atom is -0.496 e. The second-order valence-electron chi connectivity index (χ2n) is 7.02. The molecule has 0 aliphatic rings. The summed E-state index contributed by atoms with van der Waals surface area (Å²) in [4.78, 5) is 9.31. The number of aryl methyl sites for hydroxylation is 2. The summed E-state index contributed by atoms with van der Waals surface area (Å²) in [5.41, 5.74) is 4.68. The maximum absolute atomic E-state index is 9.98. The highest BCUT2D eigenvalue weighted by atomic mass is 35.5. The Hall–Kier alpha value is -3.33. The van der Waals surface area contributed by atoms with Gasteiger partial charge in [0.05, 0.1) is 18.5 Å². The topological polar surface area (TPSA) is 63.7 Å². The fourth-order valence-electron chi connectivity index (χ4n) is 3.51. The molecular formula is C24H18Cl2N4O. The number of halogens is 2. The molecule has 0 bridgehead atoms. The van der Waals surface area contributed by atoms with Gasteiger partial charge in [0.1, 0.15) is 17.5 Å². The number of hydrogen-bond donors (Lipinski definition) is 0. The lowest BCUT2D eigenvalue weighted by Gasteiger charge is -2.17. The summed E-state index contributed by atoms with van der Waals surface area (Å²) in [6.45, 7) is 3.89. The SMILES string of the molecule is COc1ccc(Cl)cc1-c1c(C#N)nc(-c2cccc(C)n2)n1-c1cc(Cl)ccc1C. The number of methoxy groups -OCH3 is 1. The molecule has 31 heavy (non-hydrogen) atoms. The molecule has 0 N–H and O–H groups in total. The van der Waals surface area contributed by atoms with Gasteiger partial charge in [-0.25, -0.2) is 9.97 Å². The Morgan fingerprint density at radius 3 is 2.42 bits per heavy atom. The molecular weight excluding hydrogens is 431 g/mol. The largest absolute Gasteiger partial charge is 0.496 e. The molecule has 4 aromatic rings. The van der Waals surface area contributed by atoms with Crippen LogP contribution in [0.5, 0.6) is 5.75 Å². The van der Waals surface area contributed by atoms with E-state index in [0.717, 1.165) is 16.9 Å². The lowest BCUT2D eigenvalue weighted by atomic mass is 10.1. The molecule has 7 heteroatoms. The summed E-state index contributed by atoms with van der Waals surface area (Å²) >= 11 is 12.7. The highest BCUT2D eigenvalue weighted by Crippen LogP contribution is 2.39. The number of hydrogen-bond acceptors (Lipinski definition) is 4. The number of nitrogens with zero attached hydrogens (tertiary/aromatic N) is 4. The maximum Gasteiger partial charge on any atom is 0.167 e. The van der Waals surface area contributed by atoms with Crippen molar-refractivity contribution in [3.8, 4) is 40.3 Å². The molecule has 0 aliphatic carbocycles. The van der Waals surface area contributed by atoms with Crippen LogP contribution in [0.4, 0.5) is 0 Å². The van der Waals surface area contributed by atoms with Gasteiger partial charge in [-0.2, -0.15) is 5.26 Å². The van der Waals surface area contributed by atoms with Gasteiger partial charge in [-0.1, -0.05) is 35.3 Å². The van der Waals surface area contributed by atoms with E-state index >= 15 is 0 Å². The van der Waals surface area contributed by atoms with E-state index in [1.54, 1.807) is 25.3 Å². The Morgan fingerprint density at radius 1 is 0.968 bits per heavy atom. The van der Waals surface area contributed by atoms with E-state index < -0.39 is 0 Å². The lowest BCUT2D eigenvalue weighted by molar-refractivity contribution is 0.416. The van der Waals surface area contributed by atoms with Crippen LogP contribution in [0.2, 0.25) is 10.0 Å². The van der Waals surface area contributed by atoms with Crippen molar-refractivity contribution in [1.82, 2.24) is 14.5 Å². The van der Waals surface area contributed by atoms with Gasteiger partial charge in [-0.3, -0.25) is 4.57 Å². The number of ether oxygens (including phenoxy) is 1. The lowest BCUT2D eigenvalue weighted by Crippen LogP contribution is -2.04. The van der Waals surface area contributed by atoms with E-state index in [0.29, 0.717) is 38.6 Å². The number of imidazole rings is 1. The van der Waals surface area contributed by atoms with Crippen LogP contribution in [0.1, 0.15) is 17.0 Å². The first-order chi connectivity index (χ1) is 14.9. The van der Waals surface area contributed by atoms with E-state index in [1.165, 1.54) is 0 Å². The molecule has 0 spiro atoms. The molecule has 0 radical (unpaired) electrons. The van der Waals surface area contributed by atoms with Crippen LogP contribution < -0.4 is 4.74 Å². The van der Waals surface area contributed by atoms with Crippen LogP contribution in [0.3, 0.4) is 0 Å². The van der Waals surface area contributed by atoms with Gasteiger partial charge in [0.15, 0.2) is 11.5 Å². The van der Waals surface area contributed by atoms with Gasteiger partial charge < -0.3 is 4.74 Å². The molecule has 0 aliphatic heterocycles. The van der Waals surface area contributed by atoms with E-state index in [9.17, 15) is 5.26 Å². The minimum absolute atomic E-state index is 0.234. The third-order valence-corrected chi connectivity index (χ3v) is 5.40. The van der Waals surface area contributed by atoms with Crippen molar-refractivity contribution >= 4 is 23.2 Å². The average molecular weight is 449 g/mol. The number of pyridine rings is 1. The summed E-state index contributed by atoms with van der Waals surface area (Å²) in [7, 11) is 1.58. The normalized spacial score (nSPS) is 10.7. The molecule has 0 fully saturated rings. The predicted molar refractivity (Wildman–Crippen MR) is 123 cm³/mol. The Balaban J connectivity index is 2.17. The Labute approximate surface area is 190 Å². The Bertz CT molecular complexity index is 1340. The van der Waals surface area contributed by atoms with Crippen LogP contribution in [-0.4, -0.2) is 21.6 Å². The molecule has 0 saturated heterocycles. The molecule has 2 aromatic heterocycles. The van der Waals surface area contributed by atoms with Crippen LogP contribution >= 0.6 is 23.2 Å². The molecule has 2 aromatic carbocycles. The van der Waals surface area contributed by atoms with Gasteiger partial charge in [-0.15, -0.1) is 0 Å². The average Bonchev–Trinajstić information content (AvgIpc) is 3.14. The van der Waals surface area contributed by atoms with E-state index in [4.69, 9.17) is 27.9 Å². The van der Waals surface area contributed by atoms with Gasteiger partial charge >= 0.3 is 0 Å². The third-order valence-electron chi connectivity index (χ3n) is 4.93. The molecule has 5 nitrogen and oxygen atoms in total. The van der Waals surface area contributed by atoms with Gasteiger partial charge in [0.2, 0.25) is 0 Å². The molecule has 0 saturated carbocycles. The predicted octanol–water partition coefficient (Wildman–Crippen LogP) is 6.41. The van der Waals surface area contributed by atoms with Gasteiger partial charge in [0.25, 0.3) is 0 Å². The summed E-state index contributed by atoms with van der Waals surface area (Å²) in [5, 5.41) is 11.1. The van der Waals surface area contributed by atoms with Gasteiger partial charge in [0, 0.05) is 21.3 Å². The Morgan fingerprint density at radius 2 is 1.71 bits per heavy atom. The van der Waals surface area contributed by atoms with Crippen molar-refractivity contribution in [3.05, 3.63) is 81.6 Å². The van der Waals surface area contributed by atoms with Crippen molar-refractivity contribution in [2.24, 2.45) is 0 Å². The molecule has 154 valence electrons. The fraction of sp³-hybridized carbons (Fsp3) is 0.125. The first-order valence-corrected chi connectivity index (χ1v) is 10.3. The van der Waals surface area contributed by atoms with Crippen LogP contribution in [0, 0.1) is 25.2 Å². The van der Waals surface area contributed by atoms with Crippen molar-refractivity contribution in [1.29, 1.82) is 5.26 Å². The second-order valence-corrected chi connectivity index (χ2v) is 7.89. The molecule has 4 rings (SSSR count). The number of nitriles is 1. The molecule has 0 atom stereocenters. The first-order valence-electron chi connectivity index (χ1n) is 9.50. The molecule has 0 unspecified atom stereocenters. The smallest absolute Gasteiger partial charge is 0.167 e. The van der Waals surface area contributed by atoms with Crippen molar-refractivity contribution < 1.29 is 4.74 Å². The quantitative estimate of drug-likeness (QED) is 0.361. The molecule has 2 heterocycles. The highest BCUT2D eigenvalue weighted by molar-refractivity contribution is 6.31.